The van der Waals surface area contributed by atoms with Gasteiger partial charge < -0.3 is 14.7 Å². The number of aliphatic carboxylic acids is 1. The fourth-order valence-corrected chi connectivity index (χ4v) is 5.86. The average molecular weight is 506 g/mol. The maximum absolute atomic E-state index is 15.2. The van der Waals surface area contributed by atoms with Crippen molar-refractivity contribution in [3.05, 3.63) is 86.0 Å². The first-order valence-corrected chi connectivity index (χ1v) is 12.4. The summed E-state index contributed by atoms with van der Waals surface area (Å²) in [6.07, 6.45) is 1.26. The molecule has 192 valence electrons. The monoisotopic (exact) mass is 505 g/mol. The van der Waals surface area contributed by atoms with Crippen molar-refractivity contribution in [2.75, 3.05) is 6.61 Å². The van der Waals surface area contributed by atoms with Crippen LogP contribution in [0.4, 0.5) is 8.78 Å². The number of fused-ring (bicyclic) bond motifs is 2. The molecule has 0 saturated carbocycles. The zero-order chi connectivity index (χ0) is 26.6. The minimum Gasteiger partial charge on any atom is -0.490 e. The van der Waals surface area contributed by atoms with Crippen molar-refractivity contribution in [1.82, 2.24) is 4.90 Å². The number of carbonyl (C=O) groups excluding carboxylic acids is 1. The number of nitrogens with zero attached hydrogens (tertiary/aromatic N) is 1. The van der Waals surface area contributed by atoms with Crippen LogP contribution in [0.2, 0.25) is 0 Å². The Bertz CT molecular complexity index is 1480. The molecule has 1 amide bonds. The van der Waals surface area contributed by atoms with Crippen LogP contribution in [0.25, 0.3) is 11.1 Å². The molecule has 0 spiro atoms. The molecule has 37 heavy (non-hydrogen) atoms. The van der Waals surface area contributed by atoms with Crippen molar-refractivity contribution in [3.63, 3.8) is 0 Å². The summed E-state index contributed by atoms with van der Waals surface area (Å²) in [6.45, 7) is 8.56. The number of benzene rings is 3. The van der Waals surface area contributed by atoms with Crippen LogP contribution in [-0.2, 0) is 30.7 Å². The van der Waals surface area contributed by atoms with E-state index in [0.717, 1.165) is 39.8 Å². The second kappa shape index (κ2) is 9.29. The van der Waals surface area contributed by atoms with Crippen molar-refractivity contribution in [3.8, 4) is 16.9 Å². The quantitative estimate of drug-likeness (QED) is 0.474. The van der Waals surface area contributed by atoms with Crippen molar-refractivity contribution in [2.45, 2.75) is 60.0 Å². The second-order valence-corrected chi connectivity index (χ2v) is 10.0. The molecule has 0 atom stereocenters. The van der Waals surface area contributed by atoms with Gasteiger partial charge in [0.1, 0.15) is 5.82 Å². The topological polar surface area (TPSA) is 66.8 Å². The predicted octanol–water partition coefficient (Wildman–Crippen LogP) is 5.97. The number of carboxylic acids is 1. The Balaban J connectivity index is 1.66. The van der Waals surface area contributed by atoms with E-state index < -0.39 is 17.6 Å². The van der Waals surface area contributed by atoms with Crippen LogP contribution >= 0.6 is 0 Å². The van der Waals surface area contributed by atoms with Gasteiger partial charge in [0.2, 0.25) is 0 Å². The third-order valence-electron chi connectivity index (χ3n) is 7.85. The molecule has 0 unspecified atom stereocenters. The summed E-state index contributed by atoms with van der Waals surface area (Å²) in [5.41, 5.74) is 8.14. The number of carboxylic acid groups (broad SMARTS) is 1. The third kappa shape index (κ3) is 4.16. The average Bonchev–Trinajstić information content (AvgIpc) is 3.32. The van der Waals surface area contributed by atoms with Crippen molar-refractivity contribution in [1.29, 1.82) is 0 Å². The van der Waals surface area contributed by atoms with E-state index in [4.69, 9.17) is 4.74 Å². The third-order valence-corrected chi connectivity index (χ3v) is 7.85. The van der Waals surface area contributed by atoms with Crippen LogP contribution in [0.15, 0.2) is 24.3 Å². The Hall–Kier alpha value is -3.74. The molecular weight excluding hydrogens is 476 g/mol. The molecule has 0 fully saturated rings. The van der Waals surface area contributed by atoms with Gasteiger partial charge >= 0.3 is 5.97 Å². The lowest BCUT2D eigenvalue weighted by atomic mass is 9.81. The Labute approximate surface area is 214 Å². The van der Waals surface area contributed by atoms with Crippen LogP contribution in [0.5, 0.6) is 5.75 Å². The summed E-state index contributed by atoms with van der Waals surface area (Å²) in [5, 5.41) is 9.77. The molecule has 1 N–H and O–H groups in total. The van der Waals surface area contributed by atoms with E-state index in [2.05, 4.69) is 0 Å². The Kier molecular flexibility index (Phi) is 6.26. The highest BCUT2D eigenvalue weighted by atomic mass is 19.1. The molecule has 2 heterocycles. The van der Waals surface area contributed by atoms with Crippen LogP contribution in [0.3, 0.4) is 0 Å². The molecule has 2 aliphatic rings. The lowest BCUT2D eigenvalue weighted by Crippen LogP contribution is -2.26. The first kappa shape index (κ1) is 24.9. The smallest absolute Gasteiger partial charge is 0.307 e. The van der Waals surface area contributed by atoms with Gasteiger partial charge in [-0.2, -0.15) is 0 Å². The fourth-order valence-electron chi connectivity index (χ4n) is 5.86. The SMILES string of the molecule is Cc1ccc(F)cc1C(=O)N1Cc2c(C)c(CC(=O)O)c(-c3cc(F)c4c(c3C)CCCO4)c(C)c2C1. The zero-order valence-electron chi connectivity index (χ0n) is 21.4. The Morgan fingerprint density at radius 3 is 2.38 bits per heavy atom. The summed E-state index contributed by atoms with van der Waals surface area (Å²) in [7, 11) is 0. The van der Waals surface area contributed by atoms with E-state index in [1.165, 1.54) is 18.2 Å². The number of hydrogen-bond acceptors (Lipinski definition) is 3. The zero-order valence-corrected chi connectivity index (χ0v) is 21.4. The van der Waals surface area contributed by atoms with Gasteiger partial charge in [0.15, 0.2) is 11.6 Å². The van der Waals surface area contributed by atoms with Gasteiger partial charge in [-0.05, 0) is 109 Å². The van der Waals surface area contributed by atoms with E-state index in [-0.39, 0.29) is 18.1 Å². The Morgan fingerprint density at radius 1 is 0.973 bits per heavy atom. The van der Waals surface area contributed by atoms with Crippen molar-refractivity contribution < 1.29 is 28.2 Å². The molecule has 0 bridgehead atoms. The largest absolute Gasteiger partial charge is 0.490 e. The fraction of sp³-hybridized carbons (Fsp3) is 0.333. The van der Waals surface area contributed by atoms with Crippen LogP contribution in [0.1, 0.15) is 61.3 Å². The summed E-state index contributed by atoms with van der Waals surface area (Å²) in [6, 6.07) is 5.62. The molecule has 5 rings (SSSR count). The van der Waals surface area contributed by atoms with E-state index >= 15 is 4.39 Å². The molecule has 0 saturated heterocycles. The minimum atomic E-state index is -0.982. The molecule has 0 aliphatic carbocycles. The lowest BCUT2D eigenvalue weighted by Gasteiger charge is -2.25. The highest BCUT2D eigenvalue weighted by Crippen LogP contribution is 2.44. The van der Waals surface area contributed by atoms with Crippen LogP contribution in [-0.4, -0.2) is 28.5 Å². The number of halogens is 2. The molecule has 2 aliphatic heterocycles. The van der Waals surface area contributed by atoms with Gasteiger partial charge in [-0.1, -0.05) is 6.07 Å². The summed E-state index contributed by atoms with van der Waals surface area (Å²) in [4.78, 5) is 27.0. The highest BCUT2D eigenvalue weighted by Gasteiger charge is 2.32. The molecule has 3 aromatic rings. The van der Waals surface area contributed by atoms with Crippen LogP contribution < -0.4 is 4.74 Å². The second-order valence-electron chi connectivity index (χ2n) is 10.0. The van der Waals surface area contributed by atoms with E-state index in [1.807, 2.05) is 20.8 Å². The number of hydrogen-bond donors (Lipinski definition) is 1. The van der Waals surface area contributed by atoms with Gasteiger partial charge in [0.25, 0.3) is 5.91 Å². The van der Waals surface area contributed by atoms with Gasteiger partial charge in [0, 0.05) is 24.2 Å². The van der Waals surface area contributed by atoms with Crippen molar-refractivity contribution >= 4 is 11.9 Å². The summed E-state index contributed by atoms with van der Waals surface area (Å²) in [5.74, 6) is -1.90. The molecule has 0 aromatic heterocycles. The summed E-state index contributed by atoms with van der Waals surface area (Å²) < 4.78 is 34.7. The number of carbonyl (C=O) groups is 2. The Morgan fingerprint density at radius 2 is 1.68 bits per heavy atom. The maximum atomic E-state index is 15.2. The highest BCUT2D eigenvalue weighted by molar-refractivity contribution is 5.96. The molecule has 0 radical (unpaired) electrons. The number of aryl methyl sites for hydroxylation is 1. The first-order chi connectivity index (χ1) is 17.6. The molecular formula is C30H29F2NO4. The molecule has 5 nitrogen and oxygen atoms in total. The van der Waals surface area contributed by atoms with Gasteiger partial charge in [-0.3, -0.25) is 9.59 Å². The normalized spacial score (nSPS) is 14.3. The summed E-state index contributed by atoms with van der Waals surface area (Å²) >= 11 is 0. The standard InChI is InChI=1S/C30H29F2NO4/c1-15-7-8-19(31)10-21(15)30(36)33-13-24-17(3)23(12-27(34)35)28(18(4)25(24)14-33)22-11-26(32)29-20(16(22)2)6-5-9-37-29/h7-8,10-11H,5-6,9,12-14H2,1-4H3,(H,34,35). The predicted molar refractivity (Wildman–Crippen MR) is 136 cm³/mol. The number of rotatable bonds is 4. The van der Waals surface area contributed by atoms with Gasteiger partial charge in [-0.15, -0.1) is 0 Å². The number of amides is 1. The van der Waals surface area contributed by atoms with E-state index in [1.54, 1.807) is 17.9 Å². The minimum absolute atomic E-state index is 0.221. The van der Waals surface area contributed by atoms with E-state index in [0.29, 0.717) is 53.9 Å². The van der Waals surface area contributed by atoms with Gasteiger partial charge in [0.05, 0.1) is 13.0 Å². The van der Waals surface area contributed by atoms with Crippen molar-refractivity contribution in [2.24, 2.45) is 0 Å². The number of ether oxygens (including phenoxy) is 1. The molecule has 3 aromatic carbocycles. The van der Waals surface area contributed by atoms with Crippen LogP contribution in [0, 0.1) is 39.3 Å². The van der Waals surface area contributed by atoms with E-state index in [9.17, 15) is 19.1 Å². The lowest BCUT2D eigenvalue weighted by molar-refractivity contribution is -0.136. The van der Waals surface area contributed by atoms with Gasteiger partial charge in [-0.25, -0.2) is 8.78 Å². The maximum Gasteiger partial charge on any atom is 0.307 e. The molecule has 7 heteroatoms. The first-order valence-electron chi connectivity index (χ1n) is 12.4.